The van der Waals surface area contributed by atoms with Crippen molar-refractivity contribution in [2.24, 2.45) is 0 Å². The first-order valence-corrected chi connectivity index (χ1v) is 6.88. The maximum absolute atomic E-state index is 9.26. The van der Waals surface area contributed by atoms with Gasteiger partial charge in [0, 0.05) is 25.8 Å². The van der Waals surface area contributed by atoms with Gasteiger partial charge in [-0.2, -0.15) is 0 Å². The lowest BCUT2D eigenvalue weighted by Gasteiger charge is -2.29. The zero-order chi connectivity index (χ0) is 13.9. The van der Waals surface area contributed by atoms with Crippen LogP contribution < -0.4 is 10.2 Å². The van der Waals surface area contributed by atoms with E-state index in [1.165, 1.54) is 23.2 Å². The summed E-state index contributed by atoms with van der Waals surface area (Å²) in [5.41, 5.74) is 3.29. The van der Waals surface area contributed by atoms with Gasteiger partial charge >= 0.3 is 0 Å². The van der Waals surface area contributed by atoms with Crippen molar-refractivity contribution in [3.05, 3.63) is 29.3 Å². The Morgan fingerprint density at radius 2 is 2.05 bits per heavy atom. The molecule has 1 aromatic carbocycles. The van der Waals surface area contributed by atoms with Gasteiger partial charge in [-0.25, -0.2) is 0 Å². The lowest BCUT2D eigenvalue weighted by Crippen LogP contribution is -2.48. The summed E-state index contributed by atoms with van der Waals surface area (Å²) in [6.07, 6.45) is 2.33. The molecule has 19 heavy (non-hydrogen) atoms. The van der Waals surface area contributed by atoms with Gasteiger partial charge in [0.25, 0.3) is 0 Å². The Balaban J connectivity index is 2.06. The fraction of sp³-hybridized carbons (Fsp3) is 0.600. The molecule has 0 saturated heterocycles. The van der Waals surface area contributed by atoms with E-state index in [4.69, 9.17) is 0 Å². The van der Waals surface area contributed by atoms with Crippen molar-refractivity contribution in [2.75, 3.05) is 31.7 Å². The molecule has 4 nitrogen and oxygen atoms in total. The minimum absolute atomic E-state index is 0.0722. The maximum atomic E-state index is 9.26. The third-order valence-electron chi connectivity index (χ3n) is 3.91. The highest BCUT2D eigenvalue weighted by Crippen LogP contribution is 2.26. The van der Waals surface area contributed by atoms with E-state index in [9.17, 15) is 10.2 Å². The highest BCUT2D eigenvalue weighted by molar-refractivity contribution is 5.56. The molecule has 2 rings (SSSR count). The van der Waals surface area contributed by atoms with Crippen molar-refractivity contribution in [1.82, 2.24) is 5.32 Å². The normalized spacial score (nSPS) is 15.5. The van der Waals surface area contributed by atoms with Gasteiger partial charge in [0.2, 0.25) is 0 Å². The van der Waals surface area contributed by atoms with E-state index < -0.39 is 5.54 Å². The van der Waals surface area contributed by atoms with Gasteiger partial charge in [-0.3, -0.25) is 0 Å². The third-order valence-corrected chi connectivity index (χ3v) is 3.91. The molecule has 0 aromatic heterocycles. The number of fused-ring (bicyclic) bond motifs is 1. The van der Waals surface area contributed by atoms with E-state index in [-0.39, 0.29) is 13.2 Å². The third kappa shape index (κ3) is 3.26. The van der Waals surface area contributed by atoms with Crippen LogP contribution in [0.2, 0.25) is 0 Å². The van der Waals surface area contributed by atoms with E-state index in [1.54, 1.807) is 0 Å². The number of hydrogen-bond donors (Lipinski definition) is 3. The number of nitrogens with zero attached hydrogens (tertiary/aromatic N) is 1. The number of rotatable bonds is 5. The number of benzene rings is 1. The summed E-state index contributed by atoms with van der Waals surface area (Å²) in [6, 6.07) is 6.51. The Bertz CT molecular complexity index is 430. The molecule has 1 aromatic rings. The summed E-state index contributed by atoms with van der Waals surface area (Å²) in [5.74, 6) is 0. The van der Waals surface area contributed by atoms with Crippen LogP contribution in [0.15, 0.2) is 18.2 Å². The molecule has 0 saturated carbocycles. The smallest absolute Gasteiger partial charge is 0.0633 e. The summed E-state index contributed by atoms with van der Waals surface area (Å²) >= 11 is 0. The lowest BCUT2D eigenvalue weighted by molar-refractivity contribution is 0.103. The summed E-state index contributed by atoms with van der Waals surface area (Å²) in [4.78, 5) is 2.29. The van der Waals surface area contributed by atoms with Crippen molar-refractivity contribution in [3.8, 4) is 0 Å². The summed E-state index contributed by atoms with van der Waals surface area (Å²) in [5, 5.41) is 21.7. The van der Waals surface area contributed by atoms with Gasteiger partial charge in [-0.1, -0.05) is 12.1 Å². The van der Waals surface area contributed by atoms with Gasteiger partial charge in [-0.05, 0) is 37.0 Å². The topological polar surface area (TPSA) is 55.7 Å². The Morgan fingerprint density at radius 1 is 1.32 bits per heavy atom. The van der Waals surface area contributed by atoms with E-state index in [1.807, 2.05) is 6.92 Å². The highest BCUT2D eigenvalue weighted by Gasteiger charge is 2.21. The van der Waals surface area contributed by atoms with Crippen LogP contribution in [-0.2, 0) is 13.0 Å². The molecular formula is C15H24N2O2. The molecule has 0 aliphatic carbocycles. The molecule has 0 fully saturated rings. The first kappa shape index (κ1) is 14.3. The van der Waals surface area contributed by atoms with Crippen LogP contribution in [0.4, 0.5) is 5.69 Å². The summed E-state index contributed by atoms with van der Waals surface area (Å²) in [6.45, 7) is 3.46. The fourth-order valence-corrected chi connectivity index (χ4v) is 2.43. The van der Waals surface area contributed by atoms with Crippen molar-refractivity contribution >= 4 is 5.69 Å². The Hall–Kier alpha value is -1.10. The molecule has 1 aliphatic heterocycles. The van der Waals surface area contributed by atoms with E-state index in [2.05, 4.69) is 35.5 Å². The van der Waals surface area contributed by atoms with Gasteiger partial charge in [0.15, 0.2) is 0 Å². The molecule has 0 amide bonds. The van der Waals surface area contributed by atoms with Crippen LogP contribution in [0.25, 0.3) is 0 Å². The average molecular weight is 264 g/mol. The molecule has 0 atom stereocenters. The molecule has 1 aliphatic rings. The second kappa shape index (κ2) is 5.90. The standard InChI is InChI=1S/C15H24N2O2/c1-15(10-18,11-19)16-9-12-5-6-14-13(8-12)4-3-7-17(14)2/h5-6,8,16,18-19H,3-4,7,9-11H2,1-2H3. The predicted molar refractivity (Wildman–Crippen MR) is 77.4 cm³/mol. The summed E-state index contributed by atoms with van der Waals surface area (Å²) in [7, 11) is 2.13. The van der Waals surface area contributed by atoms with Crippen molar-refractivity contribution < 1.29 is 10.2 Å². The molecule has 3 N–H and O–H groups in total. The highest BCUT2D eigenvalue weighted by atomic mass is 16.3. The van der Waals surface area contributed by atoms with Crippen LogP contribution >= 0.6 is 0 Å². The molecular weight excluding hydrogens is 240 g/mol. The monoisotopic (exact) mass is 264 g/mol. The molecule has 0 spiro atoms. The van der Waals surface area contributed by atoms with Crippen molar-refractivity contribution in [2.45, 2.75) is 31.8 Å². The van der Waals surface area contributed by atoms with Gasteiger partial charge in [0.1, 0.15) is 0 Å². The van der Waals surface area contributed by atoms with Crippen molar-refractivity contribution in [3.63, 3.8) is 0 Å². The second-order valence-corrected chi connectivity index (χ2v) is 5.72. The molecule has 0 bridgehead atoms. The lowest BCUT2D eigenvalue weighted by atomic mass is 9.99. The number of aliphatic hydroxyl groups excluding tert-OH is 2. The van der Waals surface area contributed by atoms with Gasteiger partial charge in [-0.15, -0.1) is 0 Å². The zero-order valence-corrected chi connectivity index (χ0v) is 11.8. The van der Waals surface area contributed by atoms with Crippen LogP contribution in [0.3, 0.4) is 0 Å². The van der Waals surface area contributed by atoms with Crippen molar-refractivity contribution in [1.29, 1.82) is 0 Å². The van der Waals surface area contributed by atoms with E-state index in [0.29, 0.717) is 6.54 Å². The number of aryl methyl sites for hydroxylation is 1. The molecule has 1 heterocycles. The fourth-order valence-electron chi connectivity index (χ4n) is 2.43. The first-order chi connectivity index (χ1) is 9.08. The Kier molecular flexibility index (Phi) is 4.45. The minimum atomic E-state index is -0.618. The SMILES string of the molecule is CN1CCCc2cc(CNC(C)(CO)CO)ccc21. The molecule has 0 radical (unpaired) electrons. The van der Waals surface area contributed by atoms with Crippen LogP contribution in [0.1, 0.15) is 24.5 Å². The zero-order valence-electron chi connectivity index (χ0n) is 11.8. The Labute approximate surface area is 115 Å². The van der Waals surface area contributed by atoms with Gasteiger partial charge in [0.05, 0.1) is 18.8 Å². The number of aliphatic hydroxyl groups is 2. The minimum Gasteiger partial charge on any atom is -0.394 e. The number of anilines is 1. The quantitative estimate of drug-likeness (QED) is 0.740. The maximum Gasteiger partial charge on any atom is 0.0633 e. The van der Waals surface area contributed by atoms with Crippen LogP contribution in [0.5, 0.6) is 0 Å². The largest absolute Gasteiger partial charge is 0.394 e. The van der Waals surface area contributed by atoms with Gasteiger partial charge < -0.3 is 20.4 Å². The average Bonchev–Trinajstić information content (AvgIpc) is 2.45. The van der Waals surface area contributed by atoms with E-state index >= 15 is 0 Å². The van der Waals surface area contributed by atoms with Crippen LogP contribution in [-0.4, -0.2) is 42.6 Å². The number of hydrogen-bond acceptors (Lipinski definition) is 4. The Morgan fingerprint density at radius 3 is 2.74 bits per heavy atom. The molecule has 0 unspecified atom stereocenters. The first-order valence-electron chi connectivity index (χ1n) is 6.88. The molecule has 4 heteroatoms. The molecule has 106 valence electrons. The predicted octanol–water partition coefficient (Wildman–Crippen LogP) is 0.902. The van der Waals surface area contributed by atoms with E-state index in [0.717, 1.165) is 13.0 Å². The van der Waals surface area contributed by atoms with Crippen LogP contribution in [0, 0.1) is 0 Å². The second-order valence-electron chi connectivity index (χ2n) is 5.72. The summed E-state index contributed by atoms with van der Waals surface area (Å²) < 4.78 is 0. The number of nitrogens with one attached hydrogen (secondary N) is 1.